The van der Waals surface area contributed by atoms with Gasteiger partial charge in [0.15, 0.2) is 0 Å². The average Bonchev–Trinajstić information content (AvgIpc) is 3.25. The van der Waals surface area contributed by atoms with E-state index in [1.54, 1.807) is 11.3 Å². The van der Waals surface area contributed by atoms with Crippen LogP contribution in [0.5, 0.6) is 0 Å². The van der Waals surface area contributed by atoms with Crippen molar-refractivity contribution in [3.8, 4) is 0 Å². The molecule has 2 aliphatic rings. The van der Waals surface area contributed by atoms with Gasteiger partial charge in [0.25, 0.3) is 5.91 Å². The van der Waals surface area contributed by atoms with E-state index in [2.05, 4.69) is 35.2 Å². The summed E-state index contributed by atoms with van der Waals surface area (Å²) < 4.78 is 1.92. The van der Waals surface area contributed by atoms with Crippen molar-refractivity contribution in [1.82, 2.24) is 20.0 Å². The Morgan fingerprint density at radius 2 is 2.04 bits per heavy atom. The Morgan fingerprint density at radius 1 is 1.32 bits per heavy atom. The van der Waals surface area contributed by atoms with Gasteiger partial charge in [-0.05, 0) is 43.2 Å². The lowest BCUT2D eigenvalue weighted by Crippen LogP contribution is -2.43. The average molecular weight is 383 g/mol. The minimum absolute atomic E-state index is 0. The highest BCUT2D eigenvalue weighted by molar-refractivity contribution is 7.20. The molecule has 0 aliphatic carbocycles. The third kappa shape index (κ3) is 3.20. The second-order valence-electron chi connectivity index (χ2n) is 7.71. The van der Waals surface area contributed by atoms with Gasteiger partial charge in [-0.15, -0.1) is 23.7 Å². The molecule has 0 saturated carbocycles. The van der Waals surface area contributed by atoms with Gasteiger partial charge in [-0.3, -0.25) is 9.48 Å². The fraction of sp³-hybridized carbons (Fsp3) is 0.667. The van der Waals surface area contributed by atoms with Crippen LogP contribution in [0.25, 0.3) is 10.2 Å². The lowest BCUT2D eigenvalue weighted by Gasteiger charge is -2.38. The molecule has 7 heteroatoms. The number of carbonyl (C=O) groups excluding carboxylic acids is 1. The third-order valence-corrected chi connectivity index (χ3v) is 6.93. The van der Waals surface area contributed by atoms with Crippen LogP contribution in [0.15, 0.2) is 6.07 Å². The maximum atomic E-state index is 13.0. The molecule has 0 unspecified atom stereocenters. The number of likely N-dealkylation sites (tertiary alicyclic amines) is 1. The highest BCUT2D eigenvalue weighted by Crippen LogP contribution is 2.38. The standard InChI is InChI=1S/C18H26N4OS.ClH/c1-12(2)15-13-10-14(24-17(13)21(3)20-15)16(23)22-8-5-18(6-9-22)4-7-19-11-18;/h10,12,19H,4-9,11H2,1-3H3;1H. The summed E-state index contributed by atoms with van der Waals surface area (Å²) >= 11 is 1.58. The Hall–Kier alpha value is -1.11. The fourth-order valence-corrected chi connectivity index (χ4v) is 5.21. The molecule has 2 fully saturated rings. The summed E-state index contributed by atoms with van der Waals surface area (Å²) in [7, 11) is 1.97. The molecule has 0 bridgehead atoms. The van der Waals surface area contributed by atoms with Crippen molar-refractivity contribution >= 4 is 39.9 Å². The minimum atomic E-state index is 0. The van der Waals surface area contributed by atoms with Crippen molar-refractivity contribution in [3.63, 3.8) is 0 Å². The van der Waals surface area contributed by atoms with Crippen LogP contribution in [0.2, 0.25) is 0 Å². The zero-order valence-corrected chi connectivity index (χ0v) is 16.8. The first-order valence-electron chi connectivity index (χ1n) is 8.95. The zero-order chi connectivity index (χ0) is 16.9. The van der Waals surface area contributed by atoms with Crippen molar-refractivity contribution in [1.29, 1.82) is 0 Å². The molecule has 0 radical (unpaired) electrons. The Kier molecular flexibility index (Phi) is 5.15. The summed E-state index contributed by atoms with van der Waals surface area (Å²) in [5.74, 6) is 0.572. The Balaban J connectivity index is 0.00000182. The number of nitrogens with one attached hydrogen (secondary N) is 1. The summed E-state index contributed by atoms with van der Waals surface area (Å²) in [6.07, 6.45) is 3.53. The molecule has 1 N–H and O–H groups in total. The summed E-state index contributed by atoms with van der Waals surface area (Å²) in [6, 6.07) is 2.06. The van der Waals surface area contributed by atoms with Gasteiger partial charge >= 0.3 is 0 Å². The van der Waals surface area contributed by atoms with Crippen LogP contribution < -0.4 is 5.32 Å². The summed E-state index contributed by atoms with van der Waals surface area (Å²) in [5, 5.41) is 9.24. The highest BCUT2D eigenvalue weighted by atomic mass is 35.5. The van der Waals surface area contributed by atoms with Gasteiger partial charge < -0.3 is 10.2 Å². The van der Waals surface area contributed by atoms with E-state index in [0.717, 1.165) is 59.8 Å². The number of fused-ring (bicyclic) bond motifs is 1. The number of rotatable bonds is 2. The number of aryl methyl sites for hydroxylation is 1. The largest absolute Gasteiger partial charge is 0.338 e. The van der Waals surface area contributed by atoms with Crippen molar-refractivity contribution in [2.45, 2.75) is 39.0 Å². The van der Waals surface area contributed by atoms with Crippen LogP contribution in [-0.4, -0.2) is 46.8 Å². The van der Waals surface area contributed by atoms with Crippen molar-refractivity contribution < 1.29 is 4.79 Å². The van der Waals surface area contributed by atoms with Crippen LogP contribution >= 0.6 is 23.7 Å². The van der Waals surface area contributed by atoms with Crippen LogP contribution in [-0.2, 0) is 7.05 Å². The number of nitrogens with zero attached hydrogens (tertiary/aromatic N) is 3. The van der Waals surface area contributed by atoms with Gasteiger partial charge in [0.2, 0.25) is 0 Å². The molecular formula is C18H27ClN4OS. The van der Waals surface area contributed by atoms with Crippen LogP contribution in [0.3, 0.4) is 0 Å². The lowest BCUT2D eigenvalue weighted by molar-refractivity contribution is 0.0612. The molecule has 138 valence electrons. The van der Waals surface area contributed by atoms with Crippen molar-refractivity contribution in [3.05, 3.63) is 16.6 Å². The molecular weight excluding hydrogens is 356 g/mol. The number of thiophene rings is 1. The quantitative estimate of drug-likeness (QED) is 0.866. The van der Waals surface area contributed by atoms with Gasteiger partial charge in [0.05, 0.1) is 10.6 Å². The lowest BCUT2D eigenvalue weighted by atomic mass is 9.78. The zero-order valence-electron chi connectivity index (χ0n) is 15.2. The molecule has 5 nitrogen and oxygen atoms in total. The van der Waals surface area contributed by atoms with Gasteiger partial charge in [-0.2, -0.15) is 5.10 Å². The molecule has 1 spiro atoms. The van der Waals surface area contributed by atoms with Gasteiger partial charge in [-0.25, -0.2) is 0 Å². The first kappa shape index (κ1) is 18.7. The molecule has 2 aromatic heterocycles. The van der Waals surface area contributed by atoms with Crippen LogP contribution in [0.1, 0.15) is 54.4 Å². The fourth-order valence-electron chi connectivity index (χ4n) is 4.16. The van der Waals surface area contributed by atoms with E-state index in [9.17, 15) is 4.79 Å². The van der Waals surface area contributed by atoms with Gasteiger partial charge in [-0.1, -0.05) is 13.8 Å². The first-order valence-corrected chi connectivity index (χ1v) is 9.77. The molecule has 1 amide bonds. The van der Waals surface area contributed by atoms with E-state index in [-0.39, 0.29) is 18.3 Å². The SMILES string of the molecule is CC(C)c1nn(C)c2sc(C(=O)N3CCC4(CCNC4)CC3)cc12.Cl. The van der Waals surface area contributed by atoms with Crippen molar-refractivity contribution in [2.24, 2.45) is 12.5 Å². The number of hydrogen-bond acceptors (Lipinski definition) is 4. The van der Waals surface area contributed by atoms with E-state index in [4.69, 9.17) is 0 Å². The van der Waals surface area contributed by atoms with E-state index < -0.39 is 0 Å². The smallest absolute Gasteiger partial charge is 0.264 e. The molecule has 0 aromatic carbocycles. The molecule has 2 saturated heterocycles. The number of hydrogen-bond donors (Lipinski definition) is 1. The Labute approximate surface area is 159 Å². The molecule has 4 heterocycles. The number of amides is 1. The van der Waals surface area contributed by atoms with E-state index in [1.165, 1.54) is 6.42 Å². The molecule has 2 aromatic rings. The number of piperidine rings is 1. The van der Waals surface area contributed by atoms with Gasteiger partial charge in [0, 0.05) is 32.1 Å². The monoisotopic (exact) mass is 382 g/mol. The molecule has 4 rings (SSSR count). The predicted molar refractivity (Wildman–Crippen MR) is 105 cm³/mol. The summed E-state index contributed by atoms with van der Waals surface area (Å²) in [4.78, 5) is 17.0. The van der Waals surface area contributed by atoms with Crippen molar-refractivity contribution in [2.75, 3.05) is 26.2 Å². The molecule has 25 heavy (non-hydrogen) atoms. The third-order valence-electron chi connectivity index (χ3n) is 5.74. The minimum Gasteiger partial charge on any atom is -0.338 e. The molecule has 0 atom stereocenters. The predicted octanol–water partition coefficient (Wildman–Crippen LogP) is 3.40. The Bertz CT molecular complexity index is 765. The normalized spacial score (nSPS) is 19.8. The van der Waals surface area contributed by atoms with E-state index in [0.29, 0.717) is 11.3 Å². The van der Waals surface area contributed by atoms with E-state index >= 15 is 0 Å². The summed E-state index contributed by atoms with van der Waals surface area (Å²) in [5.41, 5.74) is 1.54. The first-order chi connectivity index (χ1) is 11.5. The Morgan fingerprint density at radius 3 is 2.64 bits per heavy atom. The topological polar surface area (TPSA) is 50.2 Å². The number of aromatic nitrogens is 2. The summed E-state index contributed by atoms with van der Waals surface area (Å²) in [6.45, 7) is 8.35. The van der Waals surface area contributed by atoms with Crippen LogP contribution in [0, 0.1) is 5.41 Å². The maximum Gasteiger partial charge on any atom is 0.264 e. The number of halogens is 1. The second kappa shape index (κ2) is 6.89. The molecule has 2 aliphatic heterocycles. The van der Waals surface area contributed by atoms with E-state index in [1.807, 2.05) is 11.7 Å². The van der Waals surface area contributed by atoms with Crippen LogP contribution in [0.4, 0.5) is 0 Å². The second-order valence-corrected chi connectivity index (χ2v) is 8.74. The van der Waals surface area contributed by atoms with Gasteiger partial charge in [0.1, 0.15) is 4.83 Å². The highest BCUT2D eigenvalue weighted by Gasteiger charge is 2.38. The maximum absolute atomic E-state index is 13.0. The number of carbonyl (C=O) groups is 1.